The molecule has 0 fully saturated rings. The van der Waals surface area contributed by atoms with E-state index in [1.165, 1.54) is 0 Å². The Hall–Kier alpha value is -0.530. The first-order chi connectivity index (χ1) is 5.61. The minimum absolute atomic E-state index is 0.120. The van der Waals surface area contributed by atoms with Crippen molar-refractivity contribution in [1.82, 2.24) is 0 Å². The Bertz CT molecular complexity index is 132. The topological polar surface area (TPSA) is 37.3 Å². The van der Waals surface area contributed by atoms with Gasteiger partial charge in [0.05, 0.1) is 5.92 Å². The van der Waals surface area contributed by atoms with E-state index in [9.17, 15) is 4.79 Å². The van der Waals surface area contributed by atoms with Crippen LogP contribution in [0.5, 0.6) is 0 Å². The zero-order valence-electron chi connectivity index (χ0n) is 8.34. The predicted octanol–water partition coefficient (Wildman–Crippen LogP) is 2.92. The van der Waals surface area contributed by atoms with Crippen molar-refractivity contribution in [3.05, 3.63) is 0 Å². The van der Waals surface area contributed by atoms with Crippen LogP contribution < -0.4 is 0 Å². The SMILES string of the molecule is CCCC(CC(C)CC)C(=O)O. The van der Waals surface area contributed by atoms with Crippen molar-refractivity contribution in [3.8, 4) is 0 Å². The summed E-state index contributed by atoms with van der Waals surface area (Å²) in [5, 5.41) is 8.85. The molecule has 2 nitrogen and oxygen atoms in total. The molecule has 12 heavy (non-hydrogen) atoms. The van der Waals surface area contributed by atoms with Gasteiger partial charge in [-0.3, -0.25) is 4.79 Å². The Labute approximate surface area is 75.0 Å². The van der Waals surface area contributed by atoms with Crippen LogP contribution in [0.2, 0.25) is 0 Å². The maximum Gasteiger partial charge on any atom is 0.306 e. The van der Waals surface area contributed by atoms with Gasteiger partial charge in [0, 0.05) is 0 Å². The van der Waals surface area contributed by atoms with Crippen LogP contribution in [0.1, 0.15) is 46.5 Å². The summed E-state index contributed by atoms with van der Waals surface area (Å²) in [6, 6.07) is 0. The lowest BCUT2D eigenvalue weighted by molar-refractivity contribution is -0.142. The third-order valence-corrected chi connectivity index (χ3v) is 2.37. The number of hydrogen-bond donors (Lipinski definition) is 1. The lowest BCUT2D eigenvalue weighted by atomic mass is 9.91. The van der Waals surface area contributed by atoms with Gasteiger partial charge in [-0.2, -0.15) is 0 Å². The molecule has 0 saturated carbocycles. The van der Waals surface area contributed by atoms with Crippen molar-refractivity contribution < 1.29 is 9.90 Å². The molecule has 2 atom stereocenters. The monoisotopic (exact) mass is 172 g/mol. The summed E-state index contributed by atoms with van der Waals surface area (Å²) in [4.78, 5) is 10.7. The number of carbonyl (C=O) groups is 1. The molecule has 0 radical (unpaired) electrons. The molecule has 0 saturated heterocycles. The fourth-order valence-electron chi connectivity index (χ4n) is 1.34. The average molecular weight is 172 g/mol. The van der Waals surface area contributed by atoms with Gasteiger partial charge in [0.25, 0.3) is 0 Å². The third kappa shape index (κ3) is 4.37. The molecule has 0 aromatic carbocycles. The van der Waals surface area contributed by atoms with Gasteiger partial charge in [-0.25, -0.2) is 0 Å². The molecular formula is C10H20O2. The molecule has 0 aliphatic rings. The fraction of sp³-hybridized carbons (Fsp3) is 0.900. The van der Waals surface area contributed by atoms with Crippen molar-refractivity contribution >= 4 is 5.97 Å². The number of hydrogen-bond acceptors (Lipinski definition) is 1. The standard InChI is InChI=1S/C10H20O2/c1-4-6-9(10(11)12)7-8(3)5-2/h8-9H,4-7H2,1-3H3,(H,11,12). The second-order valence-corrected chi connectivity index (χ2v) is 3.57. The maximum atomic E-state index is 10.7. The highest BCUT2D eigenvalue weighted by molar-refractivity contribution is 5.69. The molecule has 0 aliphatic heterocycles. The van der Waals surface area contributed by atoms with Crippen LogP contribution in [0.3, 0.4) is 0 Å². The van der Waals surface area contributed by atoms with Gasteiger partial charge in [0.1, 0.15) is 0 Å². The first-order valence-corrected chi connectivity index (χ1v) is 4.84. The largest absolute Gasteiger partial charge is 0.481 e. The van der Waals surface area contributed by atoms with E-state index in [0.717, 1.165) is 25.7 Å². The van der Waals surface area contributed by atoms with Crippen molar-refractivity contribution in [2.75, 3.05) is 0 Å². The summed E-state index contributed by atoms with van der Waals surface area (Å²) < 4.78 is 0. The van der Waals surface area contributed by atoms with Gasteiger partial charge < -0.3 is 5.11 Å². The molecule has 0 amide bonds. The highest BCUT2D eigenvalue weighted by Gasteiger charge is 2.18. The van der Waals surface area contributed by atoms with Gasteiger partial charge in [-0.15, -0.1) is 0 Å². The number of carboxylic acids is 1. The summed E-state index contributed by atoms with van der Waals surface area (Å²) in [5.74, 6) is -0.209. The van der Waals surface area contributed by atoms with Crippen LogP contribution >= 0.6 is 0 Å². The van der Waals surface area contributed by atoms with Crippen LogP contribution in [-0.4, -0.2) is 11.1 Å². The summed E-state index contributed by atoms with van der Waals surface area (Å²) in [6.45, 7) is 6.26. The van der Waals surface area contributed by atoms with Gasteiger partial charge >= 0.3 is 5.97 Å². The van der Waals surface area contributed by atoms with Crippen LogP contribution in [0.25, 0.3) is 0 Å². The molecule has 0 aromatic heterocycles. The second-order valence-electron chi connectivity index (χ2n) is 3.57. The molecule has 72 valence electrons. The zero-order valence-corrected chi connectivity index (χ0v) is 8.34. The van der Waals surface area contributed by atoms with Gasteiger partial charge in [0.15, 0.2) is 0 Å². The highest BCUT2D eigenvalue weighted by Crippen LogP contribution is 2.19. The molecule has 0 rings (SSSR count). The van der Waals surface area contributed by atoms with E-state index < -0.39 is 5.97 Å². The number of aliphatic carboxylic acids is 1. The molecule has 0 spiro atoms. The predicted molar refractivity (Wildman–Crippen MR) is 50.1 cm³/mol. The highest BCUT2D eigenvalue weighted by atomic mass is 16.4. The van der Waals surface area contributed by atoms with Crippen LogP contribution in [0, 0.1) is 11.8 Å². The summed E-state index contributed by atoms with van der Waals surface area (Å²) >= 11 is 0. The Balaban J connectivity index is 3.86. The van der Waals surface area contributed by atoms with E-state index in [-0.39, 0.29) is 5.92 Å². The molecule has 0 bridgehead atoms. The van der Waals surface area contributed by atoms with Crippen LogP contribution in [0.4, 0.5) is 0 Å². The average Bonchev–Trinajstić information content (AvgIpc) is 2.03. The molecule has 0 aliphatic carbocycles. The molecular weight excluding hydrogens is 152 g/mol. The Kier molecular flexibility index (Phi) is 5.77. The van der Waals surface area contributed by atoms with E-state index in [4.69, 9.17) is 5.11 Å². The quantitative estimate of drug-likeness (QED) is 0.668. The first-order valence-electron chi connectivity index (χ1n) is 4.84. The molecule has 2 unspecified atom stereocenters. The summed E-state index contributed by atoms with van der Waals surface area (Å²) in [5.41, 5.74) is 0. The van der Waals surface area contributed by atoms with E-state index >= 15 is 0 Å². The lowest BCUT2D eigenvalue weighted by Crippen LogP contribution is -2.16. The second kappa shape index (κ2) is 6.04. The summed E-state index contributed by atoms with van der Waals surface area (Å²) in [7, 11) is 0. The number of carboxylic acid groups (broad SMARTS) is 1. The molecule has 0 heterocycles. The fourth-order valence-corrected chi connectivity index (χ4v) is 1.34. The number of rotatable bonds is 6. The third-order valence-electron chi connectivity index (χ3n) is 2.37. The molecule has 0 aromatic rings. The Morgan fingerprint density at radius 1 is 1.42 bits per heavy atom. The van der Waals surface area contributed by atoms with Crippen LogP contribution in [0.15, 0.2) is 0 Å². The van der Waals surface area contributed by atoms with Crippen molar-refractivity contribution in [2.45, 2.75) is 46.5 Å². The smallest absolute Gasteiger partial charge is 0.306 e. The van der Waals surface area contributed by atoms with E-state index in [0.29, 0.717) is 5.92 Å². The maximum absolute atomic E-state index is 10.7. The van der Waals surface area contributed by atoms with Gasteiger partial charge in [-0.05, 0) is 18.8 Å². The Morgan fingerprint density at radius 3 is 2.33 bits per heavy atom. The van der Waals surface area contributed by atoms with E-state index in [1.807, 2.05) is 6.92 Å². The van der Waals surface area contributed by atoms with Gasteiger partial charge in [0.2, 0.25) is 0 Å². The lowest BCUT2D eigenvalue weighted by Gasteiger charge is -2.15. The van der Waals surface area contributed by atoms with Crippen molar-refractivity contribution in [2.24, 2.45) is 11.8 Å². The van der Waals surface area contributed by atoms with Crippen LogP contribution in [-0.2, 0) is 4.79 Å². The van der Waals surface area contributed by atoms with Crippen molar-refractivity contribution in [1.29, 1.82) is 0 Å². The normalized spacial score (nSPS) is 15.6. The van der Waals surface area contributed by atoms with E-state index in [1.54, 1.807) is 0 Å². The minimum atomic E-state index is -0.628. The molecule has 1 N–H and O–H groups in total. The van der Waals surface area contributed by atoms with Crippen molar-refractivity contribution in [3.63, 3.8) is 0 Å². The first kappa shape index (κ1) is 11.5. The summed E-state index contributed by atoms with van der Waals surface area (Å²) in [6.07, 6.45) is 3.69. The zero-order chi connectivity index (χ0) is 9.56. The van der Waals surface area contributed by atoms with E-state index in [2.05, 4.69) is 13.8 Å². The van der Waals surface area contributed by atoms with Gasteiger partial charge in [-0.1, -0.05) is 33.6 Å². The minimum Gasteiger partial charge on any atom is -0.481 e. The Morgan fingerprint density at radius 2 is 2.00 bits per heavy atom. The molecule has 2 heteroatoms.